The largest absolute Gasteiger partial charge is 0.507 e. The van der Waals surface area contributed by atoms with Crippen LogP contribution in [0.25, 0.3) is 10.8 Å². The number of fused-ring (bicyclic) bond motifs is 1. The maximum Gasteiger partial charge on any atom is 0.255 e. The maximum atomic E-state index is 12.3. The quantitative estimate of drug-likeness (QED) is 0.690. The van der Waals surface area contributed by atoms with Gasteiger partial charge in [-0.25, -0.2) is 4.98 Å². The summed E-state index contributed by atoms with van der Waals surface area (Å²) in [4.78, 5) is 19.4. The van der Waals surface area contributed by atoms with Crippen molar-refractivity contribution in [2.45, 2.75) is 13.0 Å². The number of aromatic hydroxyl groups is 1. The number of hydrogen-bond acceptors (Lipinski definition) is 3. The fraction of sp³-hybridized carbons (Fsp3) is 0.125. The Bertz CT molecular complexity index is 781. The predicted octanol–water partition coefficient (Wildman–Crippen LogP) is 2.76. The fourth-order valence-electron chi connectivity index (χ4n) is 2.27. The molecule has 1 atom stereocenters. The molecule has 1 heterocycles. The van der Waals surface area contributed by atoms with Crippen LogP contribution in [0.4, 0.5) is 0 Å². The minimum atomic E-state index is -0.331. The van der Waals surface area contributed by atoms with Crippen LogP contribution in [0.1, 0.15) is 29.1 Å². The molecular formula is C16H15N3O2. The van der Waals surface area contributed by atoms with Gasteiger partial charge in [0.25, 0.3) is 5.91 Å². The van der Waals surface area contributed by atoms with E-state index in [1.54, 1.807) is 24.5 Å². The Labute approximate surface area is 121 Å². The van der Waals surface area contributed by atoms with Gasteiger partial charge in [-0.2, -0.15) is 0 Å². The van der Waals surface area contributed by atoms with Crippen molar-refractivity contribution >= 4 is 16.7 Å². The van der Waals surface area contributed by atoms with Crippen LogP contribution in [-0.4, -0.2) is 21.0 Å². The molecule has 0 aliphatic carbocycles. The Morgan fingerprint density at radius 1 is 1.29 bits per heavy atom. The van der Waals surface area contributed by atoms with Gasteiger partial charge in [0.05, 0.1) is 11.6 Å². The molecule has 5 nitrogen and oxygen atoms in total. The van der Waals surface area contributed by atoms with Crippen LogP contribution in [0.15, 0.2) is 48.8 Å². The summed E-state index contributed by atoms with van der Waals surface area (Å²) < 4.78 is 0. The number of nitrogens with zero attached hydrogens (tertiary/aromatic N) is 1. The molecule has 1 amide bonds. The Morgan fingerprint density at radius 3 is 2.67 bits per heavy atom. The third-order valence-corrected chi connectivity index (χ3v) is 3.39. The minimum absolute atomic E-state index is 0.0298. The number of benzene rings is 2. The van der Waals surface area contributed by atoms with E-state index in [4.69, 9.17) is 0 Å². The van der Waals surface area contributed by atoms with Gasteiger partial charge in [0.1, 0.15) is 11.6 Å². The second-order valence-corrected chi connectivity index (χ2v) is 4.89. The number of aromatic amines is 1. The van der Waals surface area contributed by atoms with Crippen molar-refractivity contribution in [3.8, 4) is 5.75 Å². The van der Waals surface area contributed by atoms with Crippen LogP contribution in [0.2, 0.25) is 0 Å². The summed E-state index contributed by atoms with van der Waals surface area (Å²) in [5.41, 5.74) is 0.257. The Hall–Kier alpha value is -2.82. The van der Waals surface area contributed by atoms with E-state index in [2.05, 4.69) is 15.3 Å². The molecule has 0 aliphatic heterocycles. The second-order valence-electron chi connectivity index (χ2n) is 4.89. The average Bonchev–Trinajstić information content (AvgIpc) is 3.00. The summed E-state index contributed by atoms with van der Waals surface area (Å²) in [6, 6.07) is 10.6. The monoisotopic (exact) mass is 281 g/mol. The second kappa shape index (κ2) is 5.28. The normalized spacial score (nSPS) is 12.2. The van der Waals surface area contributed by atoms with Crippen molar-refractivity contribution in [1.82, 2.24) is 15.3 Å². The standard InChI is InChI=1S/C16H15N3O2/c1-10(15-17-6-7-18-15)19-16(21)13-8-11-4-2-3-5-12(11)9-14(13)20/h2-10,20H,1H3,(H,17,18)(H,19,21). The third-order valence-electron chi connectivity index (χ3n) is 3.39. The summed E-state index contributed by atoms with van der Waals surface area (Å²) in [5, 5.41) is 14.7. The first-order chi connectivity index (χ1) is 10.1. The molecule has 0 aliphatic rings. The van der Waals surface area contributed by atoms with Gasteiger partial charge in [-0.3, -0.25) is 4.79 Å². The summed E-state index contributed by atoms with van der Waals surface area (Å²) in [5.74, 6) is 0.309. The van der Waals surface area contributed by atoms with E-state index in [1.165, 1.54) is 0 Å². The zero-order chi connectivity index (χ0) is 14.8. The molecule has 21 heavy (non-hydrogen) atoms. The smallest absolute Gasteiger partial charge is 0.255 e. The Kier molecular flexibility index (Phi) is 3.31. The Morgan fingerprint density at radius 2 is 2.00 bits per heavy atom. The lowest BCUT2D eigenvalue weighted by Crippen LogP contribution is -2.27. The summed E-state index contributed by atoms with van der Waals surface area (Å²) in [7, 11) is 0. The molecule has 0 saturated carbocycles. The summed E-state index contributed by atoms with van der Waals surface area (Å²) >= 11 is 0. The number of amides is 1. The van der Waals surface area contributed by atoms with Crippen LogP contribution in [0.3, 0.4) is 0 Å². The van der Waals surface area contributed by atoms with E-state index < -0.39 is 0 Å². The number of carbonyl (C=O) groups is 1. The van der Waals surface area contributed by atoms with Gasteiger partial charge < -0.3 is 15.4 Å². The highest BCUT2D eigenvalue weighted by Gasteiger charge is 2.16. The molecule has 1 unspecified atom stereocenters. The van der Waals surface area contributed by atoms with Crippen LogP contribution in [0.5, 0.6) is 5.75 Å². The van der Waals surface area contributed by atoms with Crippen LogP contribution in [0, 0.1) is 0 Å². The van der Waals surface area contributed by atoms with E-state index in [0.29, 0.717) is 5.82 Å². The number of imidazole rings is 1. The number of hydrogen-bond donors (Lipinski definition) is 3. The van der Waals surface area contributed by atoms with Gasteiger partial charge in [-0.15, -0.1) is 0 Å². The summed E-state index contributed by atoms with van der Waals surface area (Å²) in [6.45, 7) is 1.83. The number of nitrogens with one attached hydrogen (secondary N) is 2. The first-order valence-electron chi connectivity index (χ1n) is 6.67. The van der Waals surface area contributed by atoms with E-state index in [1.807, 2.05) is 31.2 Å². The molecule has 0 saturated heterocycles. The molecule has 1 aromatic heterocycles. The molecule has 5 heteroatoms. The van der Waals surface area contributed by atoms with Gasteiger partial charge in [-0.1, -0.05) is 24.3 Å². The van der Waals surface area contributed by atoms with Gasteiger partial charge in [0, 0.05) is 12.4 Å². The highest BCUT2D eigenvalue weighted by molar-refractivity contribution is 6.01. The molecule has 2 aromatic carbocycles. The predicted molar refractivity (Wildman–Crippen MR) is 80.1 cm³/mol. The van der Waals surface area contributed by atoms with Crippen LogP contribution in [-0.2, 0) is 0 Å². The summed E-state index contributed by atoms with van der Waals surface area (Å²) in [6.07, 6.45) is 3.33. The zero-order valence-electron chi connectivity index (χ0n) is 11.5. The van der Waals surface area contributed by atoms with Crippen molar-refractivity contribution in [1.29, 1.82) is 0 Å². The number of aromatic nitrogens is 2. The highest BCUT2D eigenvalue weighted by atomic mass is 16.3. The number of carbonyl (C=O) groups excluding carboxylic acids is 1. The van der Waals surface area contributed by atoms with Gasteiger partial charge in [0.15, 0.2) is 0 Å². The van der Waals surface area contributed by atoms with E-state index in [0.717, 1.165) is 10.8 Å². The SMILES string of the molecule is CC(NC(=O)c1cc2ccccc2cc1O)c1ncc[nH]1. The third kappa shape index (κ3) is 2.58. The molecule has 0 radical (unpaired) electrons. The van der Waals surface area contributed by atoms with E-state index in [-0.39, 0.29) is 23.3 Å². The molecule has 3 N–H and O–H groups in total. The molecule has 0 spiro atoms. The van der Waals surface area contributed by atoms with Crippen molar-refractivity contribution in [3.05, 3.63) is 60.2 Å². The van der Waals surface area contributed by atoms with Crippen molar-refractivity contribution in [3.63, 3.8) is 0 Å². The fourth-order valence-corrected chi connectivity index (χ4v) is 2.27. The highest BCUT2D eigenvalue weighted by Crippen LogP contribution is 2.25. The number of phenols is 1. The van der Waals surface area contributed by atoms with Crippen LogP contribution >= 0.6 is 0 Å². The van der Waals surface area contributed by atoms with E-state index >= 15 is 0 Å². The first-order valence-corrected chi connectivity index (χ1v) is 6.67. The van der Waals surface area contributed by atoms with Crippen molar-refractivity contribution in [2.75, 3.05) is 0 Å². The molecule has 3 aromatic rings. The molecule has 3 rings (SSSR count). The van der Waals surface area contributed by atoms with E-state index in [9.17, 15) is 9.90 Å². The molecular weight excluding hydrogens is 266 g/mol. The maximum absolute atomic E-state index is 12.3. The Balaban J connectivity index is 1.89. The minimum Gasteiger partial charge on any atom is -0.507 e. The van der Waals surface area contributed by atoms with Crippen molar-refractivity contribution < 1.29 is 9.90 Å². The van der Waals surface area contributed by atoms with Crippen LogP contribution < -0.4 is 5.32 Å². The zero-order valence-corrected chi connectivity index (χ0v) is 11.5. The lowest BCUT2D eigenvalue weighted by molar-refractivity contribution is 0.0936. The molecule has 0 bridgehead atoms. The van der Waals surface area contributed by atoms with Gasteiger partial charge >= 0.3 is 0 Å². The van der Waals surface area contributed by atoms with Gasteiger partial charge in [0.2, 0.25) is 0 Å². The number of phenolic OH excluding ortho intramolecular Hbond substituents is 1. The van der Waals surface area contributed by atoms with Gasteiger partial charge in [-0.05, 0) is 29.8 Å². The first kappa shape index (κ1) is 13.2. The lowest BCUT2D eigenvalue weighted by Gasteiger charge is -2.13. The number of rotatable bonds is 3. The average molecular weight is 281 g/mol. The topological polar surface area (TPSA) is 78.0 Å². The molecule has 0 fully saturated rings. The number of H-pyrrole nitrogens is 1. The lowest BCUT2D eigenvalue weighted by atomic mass is 10.1. The van der Waals surface area contributed by atoms with Crippen molar-refractivity contribution in [2.24, 2.45) is 0 Å². The molecule has 106 valence electrons.